The van der Waals surface area contributed by atoms with E-state index < -0.39 is 0 Å². The number of nitrogens with zero attached hydrogens (tertiary/aromatic N) is 2. The van der Waals surface area contributed by atoms with Gasteiger partial charge in [0.15, 0.2) is 5.17 Å². The van der Waals surface area contributed by atoms with Crippen molar-refractivity contribution in [3.63, 3.8) is 0 Å². The van der Waals surface area contributed by atoms with Crippen LogP contribution in [-0.4, -0.2) is 16.1 Å². The molecule has 1 amide bonds. The van der Waals surface area contributed by atoms with Crippen molar-refractivity contribution < 1.29 is 4.79 Å². The maximum atomic E-state index is 11.8. The van der Waals surface area contributed by atoms with E-state index in [-0.39, 0.29) is 11.3 Å². The van der Waals surface area contributed by atoms with Crippen molar-refractivity contribution >= 4 is 28.5 Å². The topological polar surface area (TPSA) is 44.7 Å². The molecule has 1 N–H and O–H groups in total. The Morgan fingerprint density at radius 1 is 1.10 bits per heavy atom. The second kappa shape index (κ2) is 6.01. The fourth-order valence-electron chi connectivity index (χ4n) is 2.10. The number of amides is 1. The predicted octanol–water partition coefficient (Wildman–Crippen LogP) is 3.47. The smallest absolute Gasteiger partial charge is 0.239 e. The lowest BCUT2D eigenvalue weighted by atomic mass is 10.2. The number of hydrogen-bond acceptors (Lipinski definition) is 3. The van der Waals surface area contributed by atoms with Crippen LogP contribution in [0.3, 0.4) is 0 Å². The van der Waals surface area contributed by atoms with Crippen LogP contribution in [0.1, 0.15) is 17.9 Å². The molecule has 1 saturated heterocycles. The summed E-state index contributed by atoms with van der Waals surface area (Å²) in [6.07, 6.45) is 0. The minimum absolute atomic E-state index is 0.0328. The van der Waals surface area contributed by atoms with E-state index in [1.54, 1.807) is 11.9 Å². The minimum Gasteiger partial charge on any atom is -0.273 e. The molecule has 1 atom stereocenters. The summed E-state index contributed by atoms with van der Waals surface area (Å²) in [6.45, 7) is 1.55. The summed E-state index contributed by atoms with van der Waals surface area (Å²) in [4.78, 5) is 16.4. The molecule has 2 aromatic rings. The van der Waals surface area contributed by atoms with Crippen LogP contribution in [0, 0.1) is 0 Å². The number of benzene rings is 2. The van der Waals surface area contributed by atoms with Crippen molar-refractivity contribution in [2.75, 3.05) is 0 Å². The van der Waals surface area contributed by atoms with Crippen LogP contribution in [0.5, 0.6) is 0 Å². The van der Waals surface area contributed by atoms with Gasteiger partial charge in [-0.05, 0) is 17.7 Å². The van der Waals surface area contributed by atoms with Gasteiger partial charge in [0.05, 0.1) is 5.69 Å². The first-order valence-corrected chi connectivity index (χ1v) is 7.54. The Bertz CT molecular complexity index is 658. The molecular weight excluding hydrogens is 282 g/mol. The van der Waals surface area contributed by atoms with E-state index >= 15 is 0 Å². The van der Waals surface area contributed by atoms with Crippen LogP contribution in [0.15, 0.2) is 65.7 Å². The van der Waals surface area contributed by atoms with E-state index in [1.165, 1.54) is 11.8 Å². The van der Waals surface area contributed by atoms with E-state index in [0.717, 1.165) is 16.4 Å². The Morgan fingerprint density at radius 3 is 2.33 bits per heavy atom. The molecule has 0 aromatic heterocycles. The second-order valence-electron chi connectivity index (χ2n) is 4.63. The second-order valence-corrected chi connectivity index (χ2v) is 5.70. The maximum absolute atomic E-state index is 11.8. The van der Waals surface area contributed by atoms with Crippen molar-refractivity contribution in [3.05, 3.63) is 66.2 Å². The average molecular weight is 297 g/mol. The third-order valence-electron chi connectivity index (χ3n) is 3.08. The largest absolute Gasteiger partial charge is 0.273 e. The fraction of sp³-hybridized carbons (Fsp3) is 0.125. The normalized spacial score (nSPS) is 19.6. The van der Waals surface area contributed by atoms with Gasteiger partial charge in [-0.3, -0.25) is 10.2 Å². The zero-order chi connectivity index (χ0) is 14.7. The lowest BCUT2D eigenvalue weighted by molar-refractivity contribution is -0.131. The van der Waals surface area contributed by atoms with E-state index in [4.69, 9.17) is 0 Å². The highest BCUT2D eigenvalue weighted by atomic mass is 32.2. The number of amidine groups is 1. The van der Waals surface area contributed by atoms with Crippen LogP contribution in [-0.2, 0) is 4.79 Å². The van der Waals surface area contributed by atoms with Gasteiger partial charge in [-0.15, -0.1) is 0 Å². The van der Waals surface area contributed by atoms with Crippen molar-refractivity contribution in [3.8, 4) is 0 Å². The molecule has 5 heteroatoms. The van der Waals surface area contributed by atoms with Gasteiger partial charge in [-0.2, -0.15) is 0 Å². The van der Waals surface area contributed by atoms with Gasteiger partial charge in [-0.1, -0.05) is 60.3 Å². The van der Waals surface area contributed by atoms with Gasteiger partial charge in [0, 0.05) is 6.92 Å². The molecule has 106 valence electrons. The van der Waals surface area contributed by atoms with E-state index in [9.17, 15) is 4.79 Å². The number of nitrogens with one attached hydrogen (secondary N) is 1. The summed E-state index contributed by atoms with van der Waals surface area (Å²) in [5.74, 6) is -0.0328. The highest BCUT2D eigenvalue weighted by Crippen LogP contribution is 2.37. The van der Waals surface area contributed by atoms with Crippen LogP contribution >= 0.6 is 11.8 Å². The zero-order valence-electron chi connectivity index (χ0n) is 11.6. The molecule has 0 unspecified atom stereocenters. The highest BCUT2D eigenvalue weighted by molar-refractivity contribution is 8.14. The molecule has 0 aliphatic carbocycles. The Kier molecular flexibility index (Phi) is 3.92. The highest BCUT2D eigenvalue weighted by Gasteiger charge is 2.32. The third-order valence-corrected chi connectivity index (χ3v) is 4.20. The number of carbonyl (C=O) groups is 1. The monoisotopic (exact) mass is 297 g/mol. The number of hydrazine groups is 1. The third kappa shape index (κ3) is 3.08. The summed E-state index contributed by atoms with van der Waals surface area (Å²) >= 11 is 1.54. The molecule has 0 spiro atoms. The first-order chi connectivity index (χ1) is 10.2. The predicted molar refractivity (Wildman–Crippen MR) is 86.0 cm³/mol. The van der Waals surface area contributed by atoms with E-state index in [2.05, 4.69) is 10.4 Å². The Labute approximate surface area is 127 Å². The Morgan fingerprint density at radius 2 is 1.71 bits per heavy atom. The number of carbonyl (C=O) groups excluding carboxylic acids is 1. The lowest BCUT2D eigenvalue weighted by Gasteiger charge is -2.20. The quantitative estimate of drug-likeness (QED) is 0.923. The van der Waals surface area contributed by atoms with Gasteiger partial charge in [0.2, 0.25) is 5.91 Å². The van der Waals surface area contributed by atoms with Gasteiger partial charge in [0.1, 0.15) is 5.37 Å². The van der Waals surface area contributed by atoms with E-state index in [1.807, 2.05) is 60.7 Å². The summed E-state index contributed by atoms with van der Waals surface area (Å²) in [5.41, 5.74) is 5.02. The van der Waals surface area contributed by atoms with Crippen molar-refractivity contribution in [2.24, 2.45) is 4.99 Å². The molecule has 2 aromatic carbocycles. The average Bonchev–Trinajstić information content (AvgIpc) is 2.93. The summed E-state index contributed by atoms with van der Waals surface area (Å²) in [5, 5.41) is 2.25. The van der Waals surface area contributed by atoms with Gasteiger partial charge in [-0.25, -0.2) is 10.0 Å². The van der Waals surface area contributed by atoms with Crippen LogP contribution in [0.4, 0.5) is 5.69 Å². The number of hydrogen-bond donors (Lipinski definition) is 1. The molecule has 1 aliphatic rings. The SMILES string of the molecule is CC(=O)N1NC(=Nc2ccccc2)S[C@H]1c1ccccc1. The molecule has 0 saturated carbocycles. The molecule has 3 rings (SSSR count). The molecule has 0 radical (unpaired) electrons. The van der Waals surface area contributed by atoms with Gasteiger partial charge < -0.3 is 0 Å². The van der Waals surface area contributed by atoms with Crippen LogP contribution in [0.25, 0.3) is 0 Å². The van der Waals surface area contributed by atoms with Crippen molar-refractivity contribution in [2.45, 2.75) is 12.3 Å². The molecule has 1 aliphatic heterocycles. The van der Waals surface area contributed by atoms with E-state index in [0.29, 0.717) is 0 Å². The number of aliphatic imine (C=N–C) groups is 1. The molecule has 1 heterocycles. The molecule has 0 bridgehead atoms. The number of thioether (sulfide) groups is 1. The summed E-state index contributed by atoms with van der Waals surface area (Å²) < 4.78 is 0. The van der Waals surface area contributed by atoms with Crippen LogP contribution in [0.2, 0.25) is 0 Å². The Balaban J connectivity index is 1.88. The number of rotatable bonds is 2. The van der Waals surface area contributed by atoms with Gasteiger partial charge in [0.25, 0.3) is 0 Å². The van der Waals surface area contributed by atoms with Crippen molar-refractivity contribution in [1.29, 1.82) is 0 Å². The Hall–Kier alpha value is -2.27. The van der Waals surface area contributed by atoms with Crippen LogP contribution < -0.4 is 5.43 Å². The van der Waals surface area contributed by atoms with Crippen molar-refractivity contribution in [1.82, 2.24) is 10.4 Å². The standard InChI is InChI=1S/C16H15N3OS/c1-12(20)19-15(13-8-4-2-5-9-13)21-16(18-19)17-14-10-6-3-7-11-14/h2-11,15H,1H3,(H,17,18)/t15-/m0/s1. The summed E-state index contributed by atoms with van der Waals surface area (Å²) in [7, 11) is 0. The first kappa shape index (κ1) is 13.7. The minimum atomic E-state index is -0.0915. The molecular formula is C16H15N3OS. The summed E-state index contributed by atoms with van der Waals surface area (Å²) in [6, 6.07) is 19.6. The number of para-hydroxylation sites is 1. The fourth-order valence-corrected chi connectivity index (χ4v) is 3.22. The van der Waals surface area contributed by atoms with Gasteiger partial charge >= 0.3 is 0 Å². The molecule has 1 fully saturated rings. The molecule has 4 nitrogen and oxygen atoms in total. The maximum Gasteiger partial charge on any atom is 0.239 e. The molecule has 21 heavy (non-hydrogen) atoms. The zero-order valence-corrected chi connectivity index (χ0v) is 12.4. The first-order valence-electron chi connectivity index (χ1n) is 6.66. The lowest BCUT2D eigenvalue weighted by Crippen LogP contribution is -2.38.